The molecule has 0 aliphatic rings. The zero-order chi connectivity index (χ0) is 23.1. The molecule has 8 nitrogen and oxygen atoms in total. The molecule has 3 rings (SSSR count). The van der Waals surface area contributed by atoms with E-state index in [2.05, 4.69) is 43.5 Å². The van der Waals surface area contributed by atoms with E-state index >= 15 is 0 Å². The second kappa shape index (κ2) is 10.2. The zero-order valence-corrected chi connectivity index (χ0v) is 17.7. The first-order valence-corrected chi connectivity index (χ1v) is 9.90. The summed E-state index contributed by atoms with van der Waals surface area (Å²) < 4.78 is 45.8. The van der Waals surface area contributed by atoms with Crippen LogP contribution in [0.1, 0.15) is 12.0 Å². The molecule has 1 aromatic carbocycles. The quantitative estimate of drug-likeness (QED) is 0.360. The summed E-state index contributed by atoms with van der Waals surface area (Å²) >= 11 is 4.00. The molecule has 0 aliphatic heterocycles. The number of methoxy groups -OCH3 is 1. The number of aromatic nitrogens is 3. The van der Waals surface area contributed by atoms with E-state index in [0.717, 1.165) is 0 Å². The number of ether oxygens (including phenoxy) is 1. The van der Waals surface area contributed by atoms with Gasteiger partial charge in [0.1, 0.15) is 17.1 Å². The van der Waals surface area contributed by atoms with Crippen LogP contribution in [-0.2, 0) is 11.0 Å². The molecule has 0 bridgehead atoms. The molecular formula is C20H19F3N6O2S. The average molecular weight is 464 g/mol. The van der Waals surface area contributed by atoms with E-state index in [1.165, 1.54) is 25.6 Å². The van der Waals surface area contributed by atoms with Gasteiger partial charge in [-0.05, 0) is 17.9 Å². The van der Waals surface area contributed by atoms with Crippen LogP contribution in [0, 0.1) is 0 Å². The molecule has 1 amide bonds. The van der Waals surface area contributed by atoms with E-state index in [1.54, 1.807) is 24.3 Å². The number of benzene rings is 1. The van der Waals surface area contributed by atoms with E-state index < -0.39 is 17.6 Å². The van der Waals surface area contributed by atoms with Gasteiger partial charge in [0.2, 0.25) is 11.9 Å². The van der Waals surface area contributed by atoms with Gasteiger partial charge in [0.25, 0.3) is 0 Å². The molecular weight excluding hydrogens is 445 g/mol. The number of hydrogen-bond donors (Lipinski definition) is 4. The highest BCUT2D eigenvalue weighted by Gasteiger charge is 2.35. The molecule has 0 atom stereocenters. The number of hydrogen-bond acceptors (Lipinski definition) is 8. The van der Waals surface area contributed by atoms with E-state index in [4.69, 9.17) is 4.74 Å². The predicted molar refractivity (Wildman–Crippen MR) is 118 cm³/mol. The third-order valence-electron chi connectivity index (χ3n) is 4.09. The number of rotatable bonds is 8. The van der Waals surface area contributed by atoms with Gasteiger partial charge in [0, 0.05) is 18.7 Å². The summed E-state index contributed by atoms with van der Waals surface area (Å²) in [5.74, 6) is -0.111. The number of nitrogens with one attached hydrogen (secondary N) is 3. The summed E-state index contributed by atoms with van der Waals surface area (Å²) in [4.78, 5) is 23.7. The number of alkyl halides is 3. The lowest BCUT2D eigenvalue weighted by atomic mass is 10.2. The maximum absolute atomic E-state index is 13.6. The third kappa shape index (κ3) is 6.00. The van der Waals surface area contributed by atoms with E-state index in [-0.39, 0.29) is 24.0 Å². The molecule has 0 saturated heterocycles. The van der Waals surface area contributed by atoms with Gasteiger partial charge >= 0.3 is 6.18 Å². The normalized spacial score (nSPS) is 11.0. The summed E-state index contributed by atoms with van der Waals surface area (Å²) in [6.45, 7) is 0. The van der Waals surface area contributed by atoms with Crippen molar-refractivity contribution in [3.63, 3.8) is 0 Å². The Hall–Kier alpha value is -3.54. The lowest BCUT2D eigenvalue weighted by Crippen LogP contribution is -2.15. The number of anilines is 5. The van der Waals surface area contributed by atoms with Crippen LogP contribution < -0.4 is 20.7 Å². The van der Waals surface area contributed by atoms with Crippen molar-refractivity contribution in [2.75, 3.05) is 28.8 Å². The predicted octanol–water partition coefficient (Wildman–Crippen LogP) is 4.64. The highest BCUT2D eigenvalue weighted by Crippen LogP contribution is 2.36. The minimum absolute atomic E-state index is 0.0906. The number of amides is 1. The summed E-state index contributed by atoms with van der Waals surface area (Å²) in [7, 11) is 1.46. The van der Waals surface area contributed by atoms with Gasteiger partial charge in [0.15, 0.2) is 0 Å². The Morgan fingerprint density at radius 2 is 1.88 bits per heavy atom. The van der Waals surface area contributed by atoms with E-state index in [9.17, 15) is 18.0 Å². The van der Waals surface area contributed by atoms with Gasteiger partial charge in [-0.25, -0.2) is 4.98 Å². The van der Waals surface area contributed by atoms with E-state index in [1.807, 2.05) is 0 Å². The maximum Gasteiger partial charge on any atom is 0.421 e. The van der Waals surface area contributed by atoms with Crippen molar-refractivity contribution in [3.05, 3.63) is 54.5 Å². The molecule has 0 fully saturated rings. The highest BCUT2D eigenvalue weighted by molar-refractivity contribution is 7.80. The average Bonchev–Trinajstić information content (AvgIpc) is 2.75. The molecule has 168 valence electrons. The molecule has 3 aromatic rings. The standard InChI is InChI=1S/C20H19F3N6O2S/c1-31-13-8-12(9-24-10-13)26-19-25-11-14(20(21,22)23)18(29-19)28-16-5-3-2-4-15(16)27-17(30)6-7-32/h2-5,8-11,32H,6-7H2,1H3,(H,27,30)(H2,25,26,28,29). The Labute approximate surface area is 187 Å². The Kier molecular flexibility index (Phi) is 7.36. The van der Waals surface area contributed by atoms with Crippen LogP contribution in [0.5, 0.6) is 5.75 Å². The molecule has 0 spiro atoms. The molecule has 0 unspecified atom stereocenters. The van der Waals surface area contributed by atoms with Crippen LogP contribution in [-0.4, -0.2) is 33.7 Å². The first kappa shape index (κ1) is 23.1. The minimum Gasteiger partial charge on any atom is -0.495 e. The number of thiol groups is 1. The van der Waals surface area contributed by atoms with Gasteiger partial charge in [-0.2, -0.15) is 30.8 Å². The molecule has 0 saturated carbocycles. The molecule has 0 radical (unpaired) electrons. The Morgan fingerprint density at radius 3 is 2.56 bits per heavy atom. The van der Waals surface area contributed by atoms with Crippen LogP contribution >= 0.6 is 12.6 Å². The summed E-state index contributed by atoms with van der Waals surface area (Å²) in [6, 6.07) is 7.94. The topological polar surface area (TPSA) is 101 Å². The molecule has 12 heteroatoms. The lowest BCUT2D eigenvalue weighted by molar-refractivity contribution is -0.137. The first-order chi connectivity index (χ1) is 15.3. The van der Waals surface area contributed by atoms with Gasteiger partial charge in [0.05, 0.1) is 36.6 Å². The fraction of sp³-hybridized carbons (Fsp3) is 0.200. The number of nitrogens with zero attached hydrogens (tertiary/aromatic N) is 3. The van der Waals surface area contributed by atoms with Crippen LogP contribution in [0.2, 0.25) is 0 Å². The number of carbonyl (C=O) groups excluding carboxylic acids is 1. The molecule has 3 N–H and O–H groups in total. The smallest absolute Gasteiger partial charge is 0.421 e. The van der Waals surface area contributed by atoms with Crippen LogP contribution in [0.15, 0.2) is 48.9 Å². The number of pyridine rings is 1. The monoisotopic (exact) mass is 464 g/mol. The van der Waals surface area contributed by atoms with E-state index in [0.29, 0.717) is 29.1 Å². The van der Waals surface area contributed by atoms with Gasteiger partial charge < -0.3 is 20.7 Å². The van der Waals surface area contributed by atoms with Crippen LogP contribution in [0.3, 0.4) is 0 Å². The second-order valence-corrected chi connectivity index (χ2v) is 6.83. The summed E-state index contributed by atoms with van der Waals surface area (Å²) in [5, 5.41) is 8.10. The van der Waals surface area contributed by atoms with Gasteiger partial charge in [-0.1, -0.05) is 12.1 Å². The molecule has 32 heavy (non-hydrogen) atoms. The highest BCUT2D eigenvalue weighted by atomic mass is 32.1. The molecule has 2 heterocycles. The number of carbonyl (C=O) groups is 1. The van der Waals surface area contributed by atoms with Crippen molar-refractivity contribution in [2.24, 2.45) is 0 Å². The van der Waals surface area contributed by atoms with Crippen molar-refractivity contribution in [1.29, 1.82) is 0 Å². The van der Waals surface area contributed by atoms with Crippen molar-refractivity contribution < 1.29 is 22.7 Å². The van der Waals surface area contributed by atoms with Crippen molar-refractivity contribution in [2.45, 2.75) is 12.6 Å². The Balaban J connectivity index is 1.94. The molecule has 0 aliphatic carbocycles. The minimum atomic E-state index is -4.71. The zero-order valence-electron chi connectivity index (χ0n) is 16.8. The van der Waals surface area contributed by atoms with Crippen molar-refractivity contribution >= 4 is 47.4 Å². The Morgan fingerprint density at radius 1 is 1.12 bits per heavy atom. The summed E-state index contributed by atoms with van der Waals surface area (Å²) in [5.41, 5.74) is -0.103. The largest absolute Gasteiger partial charge is 0.495 e. The van der Waals surface area contributed by atoms with Gasteiger partial charge in [-0.15, -0.1) is 0 Å². The fourth-order valence-electron chi connectivity index (χ4n) is 2.62. The second-order valence-electron chi connectivity index (χ2n) is 6.38. The van der Waals surface area contributed by atoms with Crippen LogP contribution in [0.25, 0.3) is 0 Å². The first-order valence-electron chi connectivity index (χ1n) is 9.27. The molecule has 2 aromatic heterocycles. The number of para-hydroxylation sites is 2. The summed E-state index contributed by atoms with van der Waals surface area (Å²) in [6.07, 6.45) is -0.953. The maximum atomic E-state index is 13.6. The van der Waals surface area contributed by atoms with Crippen molar-refractivity contribution in [1.82, 2.24) is 15.0 Å². The fourth-order valence-corrected chi connectivity index (χ4v) is 2.82. The van der Waals surface area contributed by atoms with Crippen molar-refractivity contribution in [3.8, 4) is 5.75 Å². The lowest BCUT2D eigenvalue weighted by Gasteiger charge is -2.17. The number of halogens is 3. The van der Waals surface area contributed by atoms with Gasteiger partial charge in [-0.3, -0.25) is 9.78 Å². The Bertz CT molecular complexity index is 1100. The third-order valence-corrected chi connectivity index (χ3v) is 4.32. The SMILES string of the molecule is COc1cncc(Nc2ncc(C(F)(F)F)c(Nc3ccccc3NC(=O)CCS)n2)c1. The van der Waals surface area contributed by atoms with Crippen LogP contribution in [0.4, 0.5) is 42.0 Å².